The molecule has 16 heavy (non-hydrogen) atoms. The van der Waals surface area contributed by atoms with Gasteiger partial charge in [0.05, 0.1) is 6.42 Å². The molecule has 4 heteroatoms. The minimum absolute atomic E-state index is 0.00490. The summed E-state index contributed by atoms with van der Waals surface area (Å²) in [5, 5.41) is 8.50. The second-order valence-electron chi connectivity index (χ2n) is 4.24. The van der Waals surface area contributed by atoms with Crippen molar-refractivity contribution in [3.63, 3.8) is 0 Å². The molecule has 0 aromatic carbocycles. The van der Waals surface area contributed by atoms with E-state index >= 15 is 0 Å². The van der Waals surface area contributed by atoms with Crippen LogP contribution in [-0.4, -0.2) is 23.1 Å². The Hall–Kier alpha value is -1.32. The maximum atomic E-state index is 11.4. The number of carboxylic acid groups (broad SMARTS) is 1. The van der Waals surface area contributed by atoms with Crippen LogP contribution in [0.25, 0.3) is 0 Å². The van der Waals surface area contributed by atoms with Crippen LogP contribution in [0.15, 0.2) is 12.2 Å². The summed E-state index contributed by atoms with van der Waals surface area (Å²) in [5.41, 5.74) is -0.00490. The molecule has 0 fully saturated rings. The largest absolute Gasteiger partial charge is 0.481 e. The normalized spacial score (nSPS) is 12.2. The van der Waals surface area contributed by atoms with Gasteiger partial charge in [0.25, 0.3) is 0 Å². The van der Waals surface area contributed by atoms with Gasteiger partial charge in [0.15, 0.2) is 0 Å². The molecule has 0 spiro atoms. The van der Waals surface area contributed by atoms with Crippen molar-refractivity contribution in [1.82, 2.24) is 0 Å². The number of rotatable bonds is 7. The molecule has 1 N–H and O–H groups in total. The van der Waals surface area contributed by atoms with Crippen molar-refractivity contribution in [2.24, 2.45) is 5.92 Å². The highest BCUT2D eigenvalue weighted by atomic mass is 16.5. The Morgan fingerprint density at radius 3 is 2.31 bits per heavy atom. The summed E-state index contributed by atoms with van der Waals surface area (Å²) in [6.07, 6.45) is 0.988. The number of hydrogen-bond acceptors (Lipinski definition) is 3. The van der Waals surface area contributed by atoms with E-state index in [0.717, 1.165) is 12.8 Å². The average molecular weight is 228 g/mol. The molecule has 0 heterocycles. The summed E-state index contributed by atoms with van der Waals surface area (Å²) in [6, 6.07) is 0. The van der Waals surface area contributed by atoms with Gasteiger partial charge in [0, 0.05) is 5.57 Å². The minimum atomic E-state index is -1.07. The van der Waals surface area contributed by atoms with Gasteiger partial charge >= 0.3 is 11.9 Å². The van der Waals surface area contributed by atoms with Crippen molar-refractivity contribution in [2.75, 3.05) is 0 Å². The fraction of sp³-hybridized carbons (Fsp3) is 0.667. The van der Waals surface area contributed by atoms with Gasteiger partial charge in [0.2, 0.25) is 0 Å². The van der Waals surface area contributed by atoms with E-state index in [2.05, 4.69) is 6.58 Å². The third-order valence-electron chi connectivity index (χ3n) is 2.12. The molecule has 1 atom stereocenters. The number of carboxylic acids is 1. The first-order valence-electron chi connectivity index (χ1n) is 5.47. The van der Waals surface area contributed by atoms with Crippen LogP contribution in [0.4, 0.5) is 0 Å². The van der Waals surface area contributed by atoms with Crippen molar-refractivity contribution in [2.45, 2.75) is 46.1 Å². The number of ether oxygens (including phenoxy) is 1. The maximum Gasteiger partial charge on any atom is 0.334 e. The highest BCUT2D eigenvalue weighted by Crippen LogP contribution is 2.14. The first-order chi connectivity index (χ1) is 7.36. The maximum absolute atomic E-state index is 11.4. The summed E-state index contributed by atoms with van der Waals surface area (Å²) >= 11 is 0. The lowest BCUT2D eigenvalue weighted by atomic mass is 10.0. The molecule has 0 aliphatic rings. The van der Waals surface area contributed by atoms with Gasteiger partial charge in [-0.2, -0.15) is 0 Å². The van der Waals surface area contributed by atoms with Crippen LogP contribution in [0.3, 0.4) is 0 Å². The molecule has 0 amide bonds. The smallest absolute Gasteiger partial charge is 0.334 e. The SMILES string of the molecule is C=C(CC(=O)O)C(=O)OC(CC)CC(C)C. The van der Waals surface area contributed by atoms with E-state index in [4.69, 9.17) is 9.84 Å². The van der Waals surface area contributed by atoms with Gasteiger partial charge in [-0.25, -0.2) is 4.79 Å². The molecule has 4 nitrogen and oxygen atoms in total. The lowest BCUT2D eigenvalue weighted by Gasteiger charge is -2.18. The number of carbonyl (C=O) groups excluding carboxylic acids is 1. The summed E-state index contributed by atoms with van der Waals surface area (Å²) in [7, 11) is 0. The molecule has 1 unspecified atom stereocenters. The minimum Gasteiger partial charge on any atom is -0.481 e. The van der Waals surface area contributed by atoms with Crippen molar-refractivity contribution in [3.8, 4) is 0 Å². The van der Waals surface area contributed by atoms with Crippen molar-refractivity contribution in [1.29, 1.82) is 0 Å². The summed E-state index contributed by atoms with van der Waals surface area (Å²) in [4.78, 5) is 21.8. The number of hydrogen-bond donors (Lipinski definition) is 1. The Kier molecular flexibility index (Phi) is 6.46. The Morgan fingerprint density at radius 1 is 1.38 bits per heavy atom. The quantitative estimate of drug-likeness (QED) is 0.536. The summed E-state index contributed by atoms with van der Waals surface area (Å²) in [6.45, 7) is 9.43. The Balaban J connectivity index is 4.19. The first kappa shape index (κ1) is 14.7. The molecule has 0 aliphatic carbocycles. The topological polar surface area (TPSA) is 63.6 Å². The van der Waals surface area contributed by atoms with Crippen LogP contribution in [0, 0.1) is 5.92 Å². The van der Waals surface area contributed by atoms with Crippen LogP contribution in [0.1, 0.15) is 40.0 Å². The van der Waals surface area contributed by atoms with E-state index in [-0.39, 0.29) is 18.1 Å². The second kappa shape index (κ2) is 7.04. The first-order valence-corrected chi connectivity index (χ1v) is 5.47. The van der Waals surface area contributed by atoms with Crippen LogP contribution in [0.5, 0.6) is 0 Å². The summed E-state index contributed by atoms with van der Waals surface area (Å²) in [5.74, 6) is -1.24. The van der Waals surface area contributed by atoms with Gasteiger partial charge in [-0.05, 0) is 18.8 Å². The molecular formula is C12H20O4. The number of esters is 1. The lowest BCUT2D eigenvalue weighted by Crippen LogP contribution is -2.21. The van der Waals surface area contributed by atoms with E-state index in [9.17, 15) is 9.59 Å². The van der Waals surface area contributed by atoms with Crippen LogP contribution in [-0.2, 0) is 14.3 Å². The fourth-order valence-corrected chi connectivity index (χ4v) is 1.31. The van der Waals surface area contributed by atoms with E-state index in [1.165, 1.54) is 0 Å². The highest BCUT2D eigenvalue weighted by molar-refractivity contribution is 5.92. The van der Waals surface area contributed by atoms with Crippen molar-refractivity contribution >= 4 is 11.9 Å². The van der Waals surface area contributed by atoms with E-state index in [1.54, 1.807) is 0 Å². The zero-order chi connectivity index (χ0) is 12.7. The van der Waals surface area contributed by atoms with E-state index in [1.807, 2.05) is 20.8 Å². The highest BCUT2D eigenvalue weighted by Gasteiger charge is 2.17. The zero-order valence-electron chi connectivity index (χ0n) is 10.2. The summed E-state index contributed by atoms with van der Waals surface area (Å²) < 4.78 is 5.17. The number of carbonyl (C=O) groups is 2. The number of aliphatic carboxylic acids is 1. The third-order valence-corrected chi connectivity index (χ3v) is 2.12. The van der Waals surface area contributed by atoms with Crippen LogP contribution < -0.4 is 0 Å². The molecule has 0 aromatic rings. The molecule has 0 radical (unpaired) electrons. The van der Waals surface area contributed by atoms with Gasteiger partial charge in [-0.15, -0.1) is 0 Å². The lowest BCUT2D eigenvalue weighted by molar-refractivity contribution is -0.147. The molecule has 92 valence electrons. The van der Waals surface area contributed by atoms with Crippen LogP contribution >= 0.6 is 0 Å². The standard InChI is InChI=1S/C12H20O4/c1-5-10(6-8(2)3)16-12(15)9(4)7-11(13)14/h8,10H,4-7H2,1-3H3,(H,13,14). The fourth-order valence-electron chi connectivity index (χ4n) is 1.31. The zero-order valence-corrected chi connectivity index (χ0v) is 10.2. The van der Waals surface area contributed by atoms with E-state index in [0.29, 0.717) is 5.92 Å². The van der Waals surface area contributed by atoms with E-state index < -0.39 is 11.9 Å². The Morgan fingerprint density at radius 2 is 1.94 bits per heavy atom. The average Bonchev–Trinajstić information content (AvgIpc) is 2.14. The predicted octanol–water partition coefficient (Wildman–Crippen LogP) is 2.39. The Labute approximate surface area is 96.3 Å². The van der Waals surface area contributed by atoms with Gasteiger partial charge < -0.3 is 9.84 Å². The Bertz CT molecular complexity index is 268. The molecule has 0 aromatic heterocycles. The van der Waals surface area contributed by atoms with Crippen molar-refractivity contribution in [3.05, 3.63) is 12.2 Å². The second-order valence-corrected chi connectivity index (χ2v) is 4.24. The van der Waals surface area contributed by atoms with Gasteiger partial charge in [-0.3, -0.25) is 4.79 Å². The molecule has 0 rings (SSSR count). The molecular weight excluding hydrogens is 208 g/mol. The molecule has 0 aliphatic heterocycles. The monoisotopic (exact) mass is 228 g/mol. The van der Waals surface area contributed by atoms with Gasteiger partial charge in [0.1, 0.15) is 6.10 Å². The predicted molar refractivity (Wildman–Crippen MR) is 61.0 cm³/mol. The molecule has 0 saturated carbocycles. The third kappa shape index (κ3) is 6.22. The van der Waals surface area contributed by atoms with Crippen molar-refractivity contribution < 1.29 is 19.4 Å². The molecule has 0 saturated heterocycles. The van der Waals surface area contributed by atoms with Gasteiger partial charge in [-0.1, -0.05) is 27.4 Å². The van der Waals surface area contributed by atoms with Crippen LogP contribution in [0.2, 0.25) is 0 Å². The molecule has 0 bridgehead atoms.